The van der Waals surface area contributed by atoms with Crippen LogP contribution in [0.4, 0.5) is 0 Å². The van der Waals surface area contributed by atoms with Crippen LogP contribution in [0.15, 0.2) is 59.9 Å². The van der Waals surface area contributed by atoms with Crippen molar-refractivity contribution in [1.29, 1.82) is 0 Å². The van der Waals surface area contributed by atoms with E-state index in [1.165, 1.54) is 10.2 Å². The molecular weight excluding hydrogens is 374 g/mol. The molecule has 0 saturated heterocycles. The lowest BCUT2D eigenvalue weighted by Crippen LogP contribution is -2.14. The van der Waals surface area contributed by atoms with E-state index in [1.807, 2.05) is 31.3 Å². The summed E-state index contributed by atoms with van der Waals surface area (Å²) in [6.45, 7) is 0.601. The Morgan fingerprint density at radius 2 is 2.00 bits per heavy atom. The third kappa shape index (κ3) is 3.21. The molecule has 7 heteroatoms. The van der Waals surface area contributed by atoms with Gasteiger partial charge in [0, 0.05) is 30.7 Å². The van der Waals surface area contributed by atoms with Crippen molar-refractivity contribution < 1.29 is 13.2 Å². The van der Waals surface area contributed by atoms with Crippen molar-refractivity contribution in [3.05, 3.63) is 66.1 Å². The molecule has 1 aromatic carbocycles. The predicted molar refractivity (Wildman–Crippen MR) is 108 cm³/mol. The lowest BCUT2D eigenvalue weighted by molar-refractivity contribution is 0.416. The molecule has 146 valence electrons. The van der Waals surface area contributed by atoms with Crippen molar-refractivity contribution in [2.45, 2.75) is 30.2 Å². The van der Waals surface area contributed by atoms with Crippen LogP contribution in [0.5, 0.6) is 5.75 Å². The Kier molecular flexibility index (Phi) is 4.95. The summed E-state index contributed by atoms with van der Waals surface area (Å²) in [5.41, 5.74) is 3.56. The number of nitrogens with one attached hydrogen (secondary N) is 1. The van der Waals surface area contributed by atoms with Crippen molar-refractivity contribution in [2.75, 3.05) is 14.2 Å². The van der Waals surface area contributed by atoms with E-state index in [0.29, 0.717) is 23.9 Å². The molecule has 0 atom stereocenters. The monoisotopic (exact) mass is 397 g/mol. The van der Waals surface area contributed by atoms with Gasteiger partial charge in [-0.05, 0) is 61.2 Å². The zero-order valence-corrected chi connectivity index (χ0v) is 16.7. The molecule has 1 fully saturated rings. The Balaban J connectivity index is 2.03. The number of hydrogen-bond acceptors (Lipinski definition) is 5. The molecule has 0 amide bonds. The maximum absolute atomic E-state index is 13.5. The minimum absolute atomic E-state index is 0.166. The molecule has 1 N–H and O–H groups in total. The van der Waals surface area contributed by atoms with Crippen LogP contribution in [-0.2, 0) is 16.6 Å². The van der Waals surface area contributed by atoms with E-state index in [4.69, 9.17) is 4.74 Å². The van der Waals surface area contributed by atoms with Crippen molar-refractivity contribution in [3.63, 3.8) is 0 Å². The lowest BCUT2D eigenvalue weighted by atomic mass is 10.0. The molecule has 2 heterocycles. The number of para-hydroxylation sites is 1. The average Bonchev–Trinajstić information content (AvgIpc) is 3.49. The van der Waals surface area contributed by atoms with Crippen LogP contribution in [-0.4, -0.2) is 31.5 Å². The second-order valence-corrected chi connectivity index (χ2v) is 8.73. The van der Waals surface area contributed by atoms with Gasteiger partial charge in [-0.25, -0.2) is 12.4 Å². The highest BCUT2D eigenvalue weighted by Gasteiger charge is 2.35. The number of nitrogens with zero attached hydrogens (tertiary/aromatic N) is 2. The van der Waals surface area contributed by atoms with Crippen LogP contribution in [0.2, 0.25) is 0 Å². The standard InChI is InChI=1S/C21H23N3O3S/c1-22-12-16-14-24(28(25,26)17-6-5-11-23-13-17)21(20(16)15-9-10-15)18-7-3-4-8-19(18)27-2/h3-8,11,13-15,22H,9-10,12H2,1-2H3. The molecule has 0 aliphatic heterocycles. The van der Waals surface area contributed by atoms with Gasteiger partial charge in [0.15, 0.2) is 0 Å². The third-order valence-electron chi connectivity index (χ3n) is 5.00. The van der Waals surface area contributed by atoms with Gasteiger partial charge in [0.25, 0.3) is 10.0 Å². The van der Waals surface area contributed by atoms with Crippen molar-refractivity contribution in [3.8, 4) is 17.0 Å². The van der Waals surface area contributed by atoms with E-state index in [9.17, 15) is 8.42 Å². The molecule has 1 aliphatic carbocycles. The van der Waals surface area contributed by atoms with Gasteiger partial charge in [-0.3, -0.25) is 4.98 Å². The highest BCUT2D eigenvalue weighted by atomic mass is 32.2. The van der Waals surface area contributed by atoms with Gasteiger partial charge in [-0.15, -0.1) is 0 Å². The molecular formula is C21H23N3O3S. The molecule has 0 unspecified atom stereocenters. The summed E-state index contributed by atoms with van der Waals surface area (Å²) in [5.74, 6) is 1.02. The van der Waals surface area contributed by atoms with E-state index in [-0.39, 0.29) is 4.90 Å². The fourth-order valence-electron chi connectivity index (χ4n) is 3.61. The number of hydrogen-bond donors (Lipinski definition) is 1. The molecule has 6 nitrogen and oxygen atoms in total. The largest absolute Gasteiger partial charge is 0.496 e. The van der Waals surface area contributed by atoms with Crippen LogP contribution in [0.25, 0.3) is 11.3 Å². The van der Waals surface area contributed by atoms with Crippen LogP contribution >= 0.6 is 0 Å². The molecule has 1 aliphatic rings. The highest BCUT2D eigenvalue weighted by molar-refractivity contribution is 7.90. The molecule has 0 radical (unpaired) electrons. The lowest BCUT2D eigenvalue weighted by Gasteiger charge is -2.15. The average molecular weight is 398 g/mol. The first-order valence-electron chi connectivity index (χ1n) is 9.25. The van der Waals surface area contributed by atoms with Crippen molar-refractivity contribution in [2.24, 2.45) is 0 Å². The smallest absolute Gasteiger partial charge is 0.269 e. The Hall–Kier alpha value is -2.64. The molecule has 0 spiro atoms. The van der Waals surface area contributed by atoms with E-state index in [0.717, 1.165) is 29.5 Å². The Bertz CT molecular complexity index is 1090. The molecule has 3 aromatic rings. The molecule has 28 heavy (non-hydrogen) atoms. The summed E-state index contributed by atoms with van der Waals surface area (Å²) >= 11 is 0. The van der Waals surface area contributed by atoms with Gasteiger partial charge < -0.3 is 10.1 Å². The first-order valence-corrected chi connectivity index (χ1v) is 10.7. The molecule has 1 saturated carbocycles. The number of aromatic nitrogens is 2. The fourth-order valence-corrected chi connectivity index (χ4v) is 4.99. The minimum Gasteiger partial charge on any atom is -0.496 e. The maximum Gasteiger partial charge on any atom is 0.269 e. The molecule has 4 rings (SSSR count). The van der Waals surface area contributed by atoms with E-state index >= 15 is 0 Å². The Morgan fingerprint density at radius 3 is 2.64 bits per heavy atom. The zero-order valence-electron chi connectivity index (χ0n) is 15.9. The number of pyridine rings is 1. The van der Waals surface area contributed by atoms with E-state index in [1.54, 1.807) is 31.6 Å². The normalized spacial score (nSPS) is 14.2. The minimum atomic E-state index is -3.80. The highest BCUT2D eigenvalue weighted by Crippen LogP contribution is 2.49. The molecule has 2 aromatic heterocycles. The maximum atomic E-state index is 13.5. The van der Waals surface area contributed by atoms with Gasteiger partial charge >= 0.3 is 0 Å². The number of benzene rings is 1. The number of methoxy groups -OCH3 is 1. The van der Waals surface area contributed by atoms with Crippen LogP contribution < -0.4 is 10.1 Å². The van der Waals surface area contributed by atoms with E-state index in [2.05, 4.69) is 10.3 Å². The number of ether oxygens (including phenoxy) is 1. The SMILES string of the molecule is CNCc1cn(S(=O)(=O)c2cccnc2)c(-c2ccccc2OC)c1C1CC1. The Morgan fingerprint density at radius 1 is 1.21 bits per heavy atom. The third-order valence-corrected chi connectivity index (χ3v) is 6.64. The summed E-state index contributed by atoms with van der Waals surface area (Å²) in [5, 5.41) is 3.17. The van der Waals surface area contributed by atoms with Crippen molar-refractivity contribution >= 4 is 10.0 Å². The first kappa shape index (κ1) is 18.7. The zero-order chi connectivity index (χ0) is 19.7. The Labute approximate surface area is 165 Å². The van der Waals surface area contributed by atoms with Crippen molar-refractivity contribution in [1.82, 2.24) is 14.3 Å². The number of rotatable bonds is 7. The topological polar surface area (TPSA) is 73.2 Å². The van der Waals surface area contributed by atoms with Gasteiger partial charge in [-0.2, -0.15) is 0 Å². The van der Waals surface area contributed by atoms with Crippen LogP contribution in [0.1, 0.15) is 29.9 Å². The van der Waals surface area contributed by atoms with Gasteiger partial charge in [0.2, 0.25) is 0 Å². The summed E-state index contributed by atoms with van der Waals surface area (Å²) in [6, 6.07) is 10.8. The molecule has 0 bridgehead atoms. The van der Waals surface area contributed by atoms with Gasteiger partial charge in [0.05, 0.1) is 12.8 Å². The second kappa shape index (κ2) is 7.41. The van der Waals surface area contributed by atoms with Gasteiger partial charge in [0.1, 0.15) is 10.6 Å². The summed E-state index contributed by atoms with van der Waals surface area (Å²) in [6.07, 6.45) is 6.83. The summed E-state index contributed by atoms with van der Waals surface area (Å²) in [7, 11) is -0.326. The predicted octanol–water partition coefficient (Wildman–Crippen LogP) is 3.39. The van der Waals surface area contributed by atoms with Crippen LogP contribution in [0.3, 0.4) is 0 Å². The van der Waals surface area contributed by atoms with Gasteiger partial charge in [-0.1, -0.05) is 12.1 Å². The summed E-state index contributed by atoms with van der Waals surface area (Å²) < 4.78 is 34.0. The van der Waals surface area contributed by atoms with Crippen LogP contribution in [0, 0.1) is 0 Å². The first-order chi connectivity index (χ1) is 13.6. The fraction of sp³-hybridized carbons (Fsp3) is 0.286. The summed E-state index contributed by atoms with van der Waals surface area (Å²) in [4.78, 5) is 4.16. The second-order valence-electron chi connectivity index (χ2n) is 6.91. The van der Waals surface area contributed by atoms with E-state index < -0.39 is 10.0 Å². The quantitative estimate of drug-likeness (QED) is 0.662.